The molecule has 1 aliphatic heterocycles. The largest absolute Gasteiger partial charge is 0.593 e. The molecule has 1 saturated heterocycles. The van der Waals surface area contributed by atoms with Crippen molar-refractivity contribution in [3.8, 4) is 0 Å². The van der Waals surface area contributed by atoms with E-state index in [0.717, 1.165) is 10.4 Å². The van der Waals surface area contributed by atoms with Crippen LogP contribution < -0.4 is 5.46 Å². The molecule has 4 nitrogen and oxygen atoms in total. The van der Waals surface area contributed by atoms with Crippen LogP contribution in [-0.4, -0.2) is 41.3 Å². The van der Waals surface area contributed by atoms with Crippen LogP contribution >= 0.6 is 0 Å². The van der Waals surface area contributed by atoms with Crippen molar-refractivity contribution in [2.75, 3.05) is 14.1 Å². The van der Waals surface area contributed by atoms with Crippen LogP contribution in [0, 0.1) is 0 Å². The molecule has 0 bridgehead atoms. The maximum atomic E-state index is 12.1. The zero-order valence-electron chi connectivity index (χ0n) is 13.0. The molecular formula is C14H22BNO3S. The molecule has 0 aromatic heterocycles. The molecule has 110 valence electrons. The third-order valence-corrected chi connectivity index (χ3v) is 5.24. The molecule has 0 saturated carbocycles. The Morgan fingerprint density at radius 1 is 1.10 bits per heavy atom. The van der Waals surface area contributed by atoms with Crippen LogP contribution in [0.1, 0.15) is 27.7 Å². The van der Waals surface area contributed by atoms with Gasteiger partial charge in [0.1, 0.15) is 0 Å². The molecule has 0 spiro atoms. The Labute approximate surface area is 124 Å². The number of hydrogen-bond donors (Lipinski definition) is 0. The van der Waals surface area contributed by atoms with Gasteiger partial charge in [-0.3, -0.25) is 0 Å². The lowest BCUT2D eigenvalue weighted by Crippen LogP contribution is -2.41. The van der Waals surface area contributed by atoms with Crippen molar-refractivity contribution in [3.63, 3.8) is 0 Å². The van der Waals surface area contributed by atoms with E-state index in [2.05, 4.69) is 0 Å². The second kappa shape index (κ2) is 5.35. The van der Waals surface area contributed by atoms with Gasteiger partial charge in [-0.15, -0.1) is 4.31 Å². The molecule has 6 heteroatoms. The summed E-state index contributed by atoms with van der Waals surface area (Å²) in [4.78, 5) is 0.752. The highest BCUT2D eigenvalue weighted by Gasteiger charge is 2.51. The summed E-state index contributed by atoms with van der Waals surface area (Å²) in [6, 6.07) is 7.57. The SMILES string of the molecule is CN(C)[S+]([O-])c1cccc(B2OC(C)(C)C(C)(C)O2)c1. The molecule has 1 fully saturated rings. The van der Waals surface area contributed by atoms with E-state index in [0.29, 0.717) is 0 Å². The Morgan fingerprint density at radius 2 is 1.65 bits per heavy atom. The van der Waals surface area contributed by atoms with Gasteiger partial charge in [-0.25, -0.2) is 0 Å². The minimum atomic E-state index is -1.16. The lowest BCUT2D eigenvalue weighted by molar-refractivity contribution is 0.00578. The van der Waals surface area contributed by atoms with Crippen molar-refractivity contribution in [1.29, 1.82) is 0 Å². The van der Waals surface area contributed by atoms with E-state index in [-0.39, 0.29) is 11.2 Å². The normalized spacial score (nSPS) is 22.3. The Hall–Kier alpha value is -0.525. The fourth-order valence-electron chi connectivity index (χ4n) is 1.96. The molecule has 1 unspecified atom stereocenters. The molecule has 0 radical (unpaired) electrons. The molecule has 1 aliphatic rings. The Morgan fingerprint density at radius 3 is 2.15 bits per heavy atom. The highest BCUT2D eigenvalue weighted by atomic mass is 32.2. The summed E-state index contributed by atoms with van der Waals surface area (Å²) in [7, 11) is 3.16. The lowest BCUT2D eigenvalue weighted by Gasteiger charge is -2.32. The number of hydrogen-bond acceptors (Lipinski definition) is 4. The molecule has 1 atom stereocenters. The van der Waals surface area contributed by atoms with Crippen LogP contribution in [0.5, 0.6) is 0 Å². The lowest BCUT2D eigenvalue weighted by atomic mass is 9.79. The van der Waals surface area contributed by atoms with Gasteiger partial charge in [-0.2, -0.15) is 0 Å². The van der Waals surface area contributed by atoms with E-state index in [1.807, 2.05) is 52.0 Å². The summed E-state index contributed by atoms with van der Waals surface area (Å²) < 4.78 is 25.8. The summed E-state index contributed by atoms with van der Waals surface area (Å²) in [5, 5.41) is 0. The average molecular weight is 295 g/mol. The van der Waals surface area contributed by atoms with Crippen LogP contribution in [0.3, 0.4) is 0 Å². The van der Waals surface area contributed by atoms with Gasteiger partial charge in [-0.1, -0.05) is 12.1 Å². The third kappa shape index (κ3) is 2.90. The smallest absolute Gasteiger partial charge is 0.495 e. The minimum absolute atomic E-state index is 0.367. The predicted molar refractivity (Wildman–Crippen MR) is 82.3 cm³/mol. The number of nitrogens with zero attached hydrogens (tertiary/aromatic N) is 1. The molecule has 2 rings (SSSR count). The van der Waals surface area contributed by atoms with Crippen molar-refractivity contribution in [3.05, 3.63) is 24.3 Å². The Bertz CT molecular complexity index is 477. The predicted octanol–water partition coefficient (Wildman–Crippen LogP) is 1.57. The Kier molecular flexibility index (Phi) is 4.24. The van der Waals surface area contributed by atoms with Crippen molar-refractivity contribution in [1.82, 2.24) is 4.31 Å². The van der Waals surface area contributed by atoms with Gasteiger partial charge in [0, 0.05) is 14.1 Å². The second-order valence-electron chi connectivity index (χ2n) is 6.22. The first-order valence-corrected chi connectivity index (χ1v) is 7.79. The van der Waals surface area contributed by atoms with Crippen molar-refractivity contribution >= 4 is 23.9 Å². The summed E-state index contributed by atoms with van der Waals surface area (Å²) in [5.74, 6) is 0. The average Bonchev–Trinajstić information content (AvgIpc) is 2.57. The van der Waals surface area contributed by atoms with Gasteiger partial charge in [0.05, 0.1) is 22.6 Å². The summed E-state index contributed by atoms with van der Waals surface area (Å²) >= 11 is -1.16. The van der Waals surface area contributed by atoms with Crippen LogP contribution in [-0.2, 0) is 20.7 Å². The topological polar surface area (TPSA) is 44.8 Å². The van der Waals surface area contributed by atoms with Crippen molar-refractivity contribution in [2.24, 2.45) is 0 Å². The minimum Gasteiger partial charge on any atom is -0.593 e. The maximum Gasteiger partial charge on any atom is 0.495 e. The first-order valence-electron chi connectivity index (χ1n) is 6.69. The van der Waals surface area contributed by atoms with Gasteiger partial charge in [0.2, 0.25) is 0 Å². The van der Waals surface area contributed by atoms with Crippen molar-refractivity contribution in [2.45, 2.75) is 43.8 Å². The fraction of sp³-hybridized carbons (Fsp3) is 0.571. The fourth-order valence-corrected chi connectivity index (χ4v) is 2.81. The van der Waals surface area contributed by atoms with E-state index < -0.39 is 18.5 Å². The van der Waals surface area contributed by atoms with E-state index >= 15 is 0 Å². The highest BCUT2D eigenvalue weighted by Crippen LogP contribution is 2.36. The zero-order valence-corrected chi connectivity index (χ0v) is 13.8. The van der Waals surface area contributed by atoms with E-state index in [4.69, 9.17) is 9.31 Å². The van der Waals surface area contributed by atoms with Gasteiger partial charge >= 0.3 is 7.12 Å². The van der Waals surface area contributed by atoms with Crippen LogP contribution in [0.15, 0.2) is 29.2 Å². The first-order chi connectivity index (χ1) is 9.14. The second-order valence-corrected chi connectivity index (χ2v) is 7.92. The van der Waals surface area contributed by atoms with Gasteiger partial charge in [0.15, 0.2) is 4.90 Å². The van der Waals surface area contributed by atoms with E-state index in [9.17, 15) is 4.55 Å². The van der Waals surface area contributed by atoms with E-state index in [1.165, 1.54) is 0 Å². The zero-order chi connectivity index (χ0) is 15.1. The molecule has 1 heterocycles. The molecule has 20 heavy (non-hydrogen) atoms. The van der Waals surface area contributed by atoms with E-state index in [1.54, 1.807) is 18.4 Å². The Balaban J connectivity index is 2.25. The molecule has 1 aromatic rings. The summed E-state index contributed by atoms with van der Waals surface area (Å²) in [6.45, 7) is 8.09. The van der Waals surface area contributed by atoms with Crippen LogP contribution in [0.4, 0.5) is 0 Å². The molecule has 1 aromatic carbocycles. The summed E-state index contributed by atoms with van der Waals surface area (Å²) in [6.07, 6.45) is 0. The highest BCUT2D eigenvalue weighted by molar-refractivity contribution is 7.89. The number of benzene rings is 1. The third-order valence-electron chi connectivity index (χ3n) is 3.92. The quantitative estimate of drug-likeness (QED) is 0.627. The monoisotopic (exact) mass is 295 g/mol. The van der Waals surface area contributed by atoms with Gasteiger partial charge < -0.3 is 13.9 Å². The first kappa shape index (κ1) is 15.9. The molecule has 0 aliphatic carbocycles. The molecular weight excluding hydrogens is 273 g/mol. The molecule has 0 N–H and O–H groups in total. The van der Waals surface area contributed by atoms with Gasteiger partial charge in [-0.05, 0) is 45.3 Å². The summed E-state index contributed by atoms with van der Waals surface area (Å²) in [5.41, 5.74) is 0.166. The van der Waals surface area contributed by atoms with Crippen molar-refractivity contribution < 1.29 is 13.9 Å². The maximum absolute atomic E-state index is 12.1. The molecule has 0 amide bonds. The van der Waals surface area contributed by atoms with Crippen LogP contribution in [0.2, 0.25) is 0 Å². The van der Waals surface area contributed by atoms with Crippen LogP contribution in [0.25, 0.3) is 0 Å². The number of rotatable bonds is 3. The standard InChI is InChI=1S/C14H22BNO3S/c1-13(2)14(3,4)19-15(18-13)11-8-7-9-12(10-11)20(17)16(5)6/h7-10H,1-6H3. The van der Waals surface area contributed by atoms with Gasteiger partial charge in [0.25, 0.3) is 0 Å².